The molecule has 0 aliphatic heterocycles. The molecule has 1 rings (SSSR count). The summed E-state index contributed by atoms with van der Waals surface area (Å²) in [6.07, 6.45) is 2.39. The van der Waals surface area contributed by atoms with Crippen molar-refractivity contribution in [2.24, 2.45) is 5.41 Å². The highest BCUT2D eigenvalue weighted by Gasteiger charge is 2.24. The third-order valence-electron chi connectivity index (χ3n) is 3.52. The summed E-state index contributed by atoms with van der Waals surface area (Å²) in [4.78, 5) is 0. The highest BCUT2D eigenvalue weighted by molar-refractivity contribution is 5.18. The summed E-state index contributed by atoms with van der Waals surface area (Å²) >= 11 is 0. The molecular weight excluding hydrogens is 230 g/mol. The summed E-state index contributed by atoms with van der Waals surface area (Å²) in [5, 5.41) is 3.72. The lowest BCUT2D eigenvalue weighted by atomic mass is 9.81. The molecule has 0 fully saturated rings. The summed E-state index contributed by atoms with van der Waals surface area (Å²) in [7, 11) is 0. The second-order valence-electron chi connectivity index (χ2n) is 7.65. The molecule has 1 unspecified atom stereocenters. The van der Waals surface area contributed by atoms with Crippen molar-refractivity contribution < 1.29 is 0 Å². The first kappa shape index (κ1) is 16.2. The summed E-state index contributed by atoms with van der Waals surface area (Å²) in [5.41, 5.74) is 2.04. The zero-order chi connectivity index (χ0) is 14.5. The number of rotatable bonds is 6. The Morgan fingerprint density at radius 3 is 2.11 bits per heavy atom. The van der Waals surface area contributed by atoms with Crippen LogP contribution in [-0.4, -0.2) is 12.1 Å². The van der Waals surface area contributed by atoms with Crippen LogP contribution in [0.3, 0.4) is 0 Å². The van der Waals surface area contributed by atoms with Crippen molar-refractivity contribution in [2.75, 3.05) is 6.54 Å². The quantitative estimate of drug-likeness (QED) is 0.761. The van der Waals surface area contributed by atoms with Gasteiger partial charge in [0.15, 0.2) is 0 Å². The van der Waals surface area contributed by atoms with Crippen LogP contribution in [0.4, 0.5) is 0 Å². The fourth-order valence-corrected chi connectivity index (χ4v) is 2.96. The maximum Gasteiger partial charge on any atom is 0.0130 e. The van der Waals surface area contributed by atoms with E-state index in [9.17, 15) is 0 Å². The van der Waals surface area contributed by atoms with Gasteiger partial charge in [-0.15, -0.1) is 0 Å². The fraction of sp³-hybridized carbons (Fsp3) is 0.667. The molecular formula is C18H31N. The Morgan fingerprint density at radius 1 is 1.00 bits per heavy atom. The third-order valence-corrected chi connectivity index (χ3v) is 3.52. The Bertz CT molecular complexity index is 359. The summed E-state index contributed by atoms with van der Waals surface area (Å²) in [5.74, 6) is 0.624. The SMILES string of the molecule is CC(CCNC(C)(C)CC(C)(C)C)c1ccccc1. The molecule has 0 radical (unpaired) electrons. The average molecular weight is 261 g/mol. The van der Waals surface area contributed by atoms with Crippen LogP contribution in [0.25, 0.3) is 0 Å². The topological polar surface area (TPSA) is 12.0 Å². The minimum absolute atomic E-state index is 0.217. The van der Waals surface area contributed by atoms with E-state index in [1.54, 1.807) is 0 Å². The lowest BCUT2D eigenvalue weighted by Gasteiger charge is -2.34. The maximum atomic E-state index is 3.72. The van der Waals surface area contributed by atoms with Gasteiger partial charge in [0.1, 0.15) is 0 Å². The van der Waals surface area contributed by atoms with Crippen molar-refractivity contribution in [1.82, 2.24) is 5.32 Å². The summed E-state index contributed by atoms with van der Waals surface area (Å²) in [6.45, 7) is 14.9. The van der Waals surface area contributed by atoms with E-state index >= 15 is 0 Å². The largest absolute Gasteiger partial charge is 0.312 e. The van der Waals surface area contributed by atoms with Crippen LogP contribution < -0.4 is 5.32 Å². The molecule has 0 heterocycles. The minimum Gasteiger partial charge on any atom is -0.312 e. The van der Waals surface area contributed by atoms with Gasteiger partial charge in [0.25, 0.3) is 0 Å². The van der Waals surface area contributed by atoms with E-state index < -0.39 is 0 Å². The van der Waals surface area contributed by atoms with Crippen molar-refractivity contribution in [3.63, 3.8) is 0 Å². The number of hydrogen-bond acceptors (Lipinski definition) is 1. The zero-order valence-corrected chi connectivity index (χ0v) is 13.6. The second kappa shape index (κ2) is 6.56. The molecule has 1 heteroatoms. The third kappa shape index (κ3) is 6.77. The van der Waals surface area contributed by atoms with Gasteiger partial charge in [0.2, 0.25) is 0 Å². The maximum absolute atomic E-state index is 3.72. The zero-order valence-electron chi connectivity index (χ0n) is 13.6. The normalized spacial score (nSPS) is 14.4. The van der Waals surface area contributed by atoms with Gasteiger partial charge < -0.3 is 5.32 Å². The predicted octanol–water partition coefficient (Wildman–Crippen LogP) is 4.98. The van der Waals surface area contributed by atoms with Crippen LogP contribution in [0.15, 0.2) is 30.3 Å². The highest BCUT2D eigenvalue weighted by Crippen LogP contribution is 2.27. The second-order valence-corrected chi connectivity index (χ2v) is 7.65. The van der Waals surface area contributed by atoms with Crippen LogP contribution in [0.5, 0.6) is 0 Å². The molecule has 1 atom stereocenters. The molecule has 0 amide bonds. The molecule has 1 nitrogen and oxygen atoms in total. The Labute approximate surface area is 119 Å². The van der Waals surface area contributed by atoms with Crippen LogP contribution in [0.2, 0.25) is 0 Å². The lowest BCUT2D eigenvalue weighted by molar-refractivity contribution is 0.241. The van der Waals surface area contributed by atoms with E-state index in [-0.39, 0.29) is 5.54 Å². The smallest absolute Gasteiger partial charge is 0.0130 e. The molecule has 0 aliphatic carbocycles. The first-order chi connectivity index (χ1) is 8.70. The molecule has 1 N–H and O–H groups in total. The Morgan fingerprint density at radius 2 is 1.58 bits per heavy atom. The van der Waals surface area contributed by atoms with E-state index in [4.69, 9.17) is 0 Å². The molecule has 1 aromatic rings. The van der Waals surface area contributed by atoms with E-state index in [2.05, 4.69) is 77.2 Å². The number of nitrogens with one attached hydrogen (secondary N) is 1. The highest BCUT2D eigenvalue weighted by atomic mass is 14.9. The minimum atomic E-state index is 0.217. The van der Waals surface area contributed by atoms with Gasteiger partial charge >= 0.3 is 0 Å². The molecule has 0 saturated heterocycles. The molecule has 19 heavy (non-hydrogen) atoms. The van der Waals surface area contributed by atoms with Crippen LogP contribution in [-0.2, 0) is 0 Å². The van der Waals surface area contributed by atoms with Crippen molar-refractivity contribution in [1.29, 1.82) is 0 Å². The average Bonchev–Trinajstić information content (AvgIpc) is 2.26. The number of benzene rings is 1. The number of hydrogen-bond donors (Lipinski definition) is 1. The van der Waals surface area contributed by atoms with Gasteiger partial charge in [-0.2, -0.15) is 0 Å². The molecule has 0 aromatic heterocycles. The monoisotopic (exact) mass is 261 g/mol. The molecule has 0 bridgehead atoms. The fourth-order valence-electron chi connectivity index (χ4n) is 2.96. The molecule has 0 aliphatic rings. The van der Waals surface area contributed by atoms with Crippen LogP contribution >= 0.6 is 0 Å². The van der Waals surface area contributed by atoms with Crippen molar-refractivity contribution in [3.8, 4) is 0 Å². The molecule has 1 aromatic carbocycles. The van der Waals surface area contributed by atoms with E-state index in [0.717, 1.165) is 6.54 Å². The standard InChI is InChI=1S/C18H31N/c1-15(16-10-8-7-9-11-16)12-13-19-18(5,6)14-17(2,3)4/h7-11,15,19H,12-14H2,1-6H3. The van der Waals surface area contributed by atoms with Gasteiger partial charge in [0, 0.05) is 5.54 Å². The molecule has 0 saturated carbocycles. The summed E-state index contributed by atoms with van der Waals surface area (Å²) in [6, 6.07) is 10.8. The van der Waals surface area contributed by atoms with Gasteiger partial charge in [-0.3, -0.25) is 0 Å². The van der Waals surface area contributed by atoms with Gasteiger partial charge in [-0.25, -0.2) is 0 Å². The first-order valence-corrected chi connectivity index (χ1v) is 7.50. The lowest BCUT2D eigenvalue weighted by Crippen LogP contribution is -2.43. The summed E-state index contributed by atoms with van der Waals surface area (Å²) < 4.78 is 0. The van der Waals surface area contributed by atoms with Gasteiger partial charge in [-0.1, -0.05) is 58.0 Å². The van der Waals surface area contributed by atoms with E-state index in [0.29, 0.717) is 11.3 Å². The van der Waals surface area contributed by atoms with Crippen LogP contribution in [0, 0.1) is 5.41 Å². The van der Waals surface area contributed by atoms with E-state index in [1.807, 2.05) is 0 Å². The van der Waals surface area contributed by atoms with Crippen LogP contribution in [0.1, 0.15) is 65.9 Å². The van der Waals surface area contributed by atoms with E-state index in [1.165, 1.54) is 18.4 Å². The molecule has 108 valence electrons. The first-order valence-electron chi connectivity index (χ1n) is 7.50. The Kier molecular flexibility index (Phi) is 5.61. The predicted molar refractivity (Wildman–Crippen MR) is 85.6 cm³/mol. The van der Waals surface area contributed by atoms with Crippen molar-refractivity contribution in [3.05, 3.63) is 35.9 Å². The Hall–Kier alpha value is -0.820. The molecule has 0 spiro atoms. The Balaban J connectivity index is 2.38. The van der Waals surface area contributed by atoms with Crippen molar-refractivity contribution in [2.45, 2.75) is 65.8 Å². The van der Waals surface area contributed by atoms with Crippen molar-refractivity contribution >= 4 is 0 Å². The van der Waals surface area contributed by atoms with Gasteiger partial charge in [-0.05, 0) is 50.1 Å². The van der Waals surface area contributed by atoms with Gasteiger partial charge in [0.05, 0.1) is 0 Å².